The molecule has 2 aliphatic rings. The molecule has 6 rings (SSSR count). The lowest BCUT2D eigenvalue weighted by atomic mass is 10.0. The molecule has 34 heavy (non-hydrogen) atoms. The number of carbonyl (C=O) groups is 1. The second-order valence-electron chi connectivity index (χ2n) is 7.88. The Morgan fingerprint density at radius 1 is 0.971 bits per heavy atom. The van der Waals surface area contributed by atoms with Crippen LogP contribution in [0.5, 0.6) is 11.5 Å². The molecule has 8 nitrogen and oxygen atoms in total. The van der Waals surface area contributed by atoms with Gasteiger partial charge < -0.3 is 9.47 Å². The summed E-state index contributed by atoms with van der Waals surface area (Å²) in [7, 11) is 3.01. The molecule has 168 valence electrons. The van der Waals surface area contributed by atoms with Crippen LogP contribution in [0.4, 0.5) is 5.69 Å². The standard InChI is InChI=1S/C25H17ClN4O4/c1-33-18-11-9-15-19(21(18)34-2)25(32)29-17-10-8-14(26)12-16(17)22-27-23(31)20(28-30(22)24(15)29)13-6-4-3-5-7-13/h3-12,24H,1-2H3/t24-/m0/s1. The van der Waals surface area contributed by atoms with Crippen LogP contribution < -0.4 is 19.9 Å². The first-order valence-corrected chi connectivity index (χ1v) is 10.9. The molecule has 0 saturated carbocycles. The maximum Gasteiger partial charge on any atom is 0.300 e. The van der Waals surface area contributed by atoms with Gasteiger partial charge in [0.25, 0.3) is 11.5 Å². The van der Waals surface area contributed by atoms with Gasteiger partial charge in [-0.05, 0) is 24.3 Å². The Bertz CT molecular complexity index is 1550. The zero-order valence-electron chi connectivity index (χ0n) is 18.2. The average molecular weight is 473 g/mol. The molecule has 3 heterocycles. The van der Waals surface area contributed by atoms with Crippen molar-refractivity contribution in [1.29, 1.82) is 0 Å². The summed E-state index contributed by atoms with van der Waals surface area (Å²) in [5.41, 5.74) is 2.53. The molecule has 3 aromatic carbocycles. The number of rotatable bonds is 3. The van der Waals surface area contributed by atoms with Crippen molar-refractivity contribution in [2.45, 2.75) is 6.17 Å². The van der Waals surface area contributed by atoms with E-state index in [2.05, 4.69) is 4.98 Å². The van der Waals surface area contributed by atoms with Gasteiger partial charge in [-0.1, -0.05) is 48.0 Å². The van der Waals surface area contributed by atoms with Crippen LogP contribution in [0.2, 0.25) is 5.02 Å². The van der Waals surface area contributed by atoms with Crippen molar-refractivity contribution in [3.8, 4) is 34.1 Å². The number of hydrogen-bond donors (Lipinski definition) is 0. The number of ether oxygens (including phenoxy) is 2. The van der Waals surface area contributed by atoms with Crippen molar-refractivity contribution in [1.82, 2.24) is 14.8 Å². The highest BCUT2D eigenvalue weighted by atomic mass is 35.5. The molecule has 1 atom stereocenters. The third-order valence-corrected chi connectivity index (χ3v) is 6.34. The molecule has 1 amide bonds. The third kappa shape index (κ3) is 2.72. The van der Waals surface area contributed by atoms with Crippen LogP contribution in [-0.2, 0) is 0 Å². The van der Waals surface area contributed by atoms with E-state index in [-0.39, 0.29) is 11.6 Å². The van der Waals surface area contributed by atoms with Gasteiger partial charge in [-0.2, -0.15) is 10.1 Å². The number of hydrogen-bond acceptors (Lipinski definition) is 6. The first-order valence-electron chi connectivity index (χ1n) is 10.5. The van der Waals surface area contributed by atoms with E-state index in [1.54, 1.807) is 46.0 Å². The van der Waals surface area contributed by atoms with E-state index in [0.717, 1.165) is 0 Å². The summed E-state index contributed by atoms with van der Waals surface area (Å²) >= 11 is 6.29. The monoisotopic (exact) mass is 472 g/mol. The molecule has 1 aromatic heterocycles. The minimum absolute atomic E-state index is 0.191. The Kier molecular flexibility index (Phi) is 4.46. The van der Waals surface area contributed by atoms with Crippen LogP contribution in [0.3, 0.4) is 0 Å². The second kappa shape index (κ2) is 7.43. The first-order chi connectivity index (χ1) is 16.5. The molecule has 9 heteroatoms. The van der Waals surface area contributed by atoms with Crippen LogP contribution >= 0.6 is 11.6 Å². The normalized spacial score (nSPS) is 15.3. The number of carbonyl (C=O) groups excluding carboxylic acids is 1. The number of anilines is 1. The highest BCUT2D eigenvalue weighted by molar-refractivity contribution is 6.31. The lowest BCUT2D eigenvalue weighted by Crippen LogP contribution is -2.39. The number of aromatic nitrogens is 3. The van der Waals surface area contributed by atoms with Crippen molar-refractivity contribution < 1.29 is 14.3 Å². The molecule has 2 aliphatic heterocycles. The predicted molar refractivity (Wildman–Crippen MR) is 127 cm³/mol. The van der Waals surface area contributed by atoms with Gasteiger partial charge in [0.15, 0.2) is 29.2 Å². The van der Waals surface area contributed by atoms with Crippen LogP contribution in [0.1, 0.15) is 22.1 Å². The van der Waals surface area contributed by atoms with E-state index in [9.17, 15) is 9.59 Å². The van der Waals surface area contributed by atoms with Crippen LogP contribution in [-0.4, -0.2) is 34.9 Å². The summed E-state index contributed by atoms with van der Waals surface area (Å²) < 4.78 is 12.6. The zero-order valence-corrected chi connectivity index (χ0v) is 18.9. The first kappa shape index (κ1) is 20.4. The highest BCUT2D eigenvalue weighted by Gasteiger charge is 2.47. The Hall–Kier alpha value is -4.17. The molecular weight excluding hydrogens is 456 g/mol. The van der Waals surface area contributed by atoms with E-state index >= 15 is 0 Å². The molecule has 0 saturated heterocycles. The molecule has 0 spiro atoms. The SMILES string of the molecule is COc1ccc2c(c1OC)C(=O)N1c3ccc(Cl)cc3-c3nc(=O)c(-c4ccccc4)nn3[C@@H]21. The summed E-state index contributed by atoms with van der Waals surface area (Å²) in [6.45, 7) is 0. The third-order valence-electron chi connectivity index (χ3n) is 6.11. The molecule has 4 aromatic rings. The smallest absolute Gasteiger partial charge is 0.300 e. The van der Waals surface area contributed by atoms with Crippen molar-refractivity contribution in [3.63, 3.8) is 0 Å². The number of nitrogens with zero attached hydrogens (tertiary/aromatic N) is 4. The fourth-order valence-electron chi connectivity index (χ4n) is 4.66. The highest BCUT2D eigenvalue weighted by Crippen LogP contribution is 2.50. The molecule has 0 N–H and O–H groups in total. The van der Waals surface area contributed by atoms with E-state index < -0.39 is 11.7 Å². The van der Waals surface area contributed by atoms with Crippen LogP contribution in [0.15, 0.2) is 65.5 Å². The van der Waals surface area contributed by atoms with Gasteiger partial charge in [0.2, 0.25) is 0 Å². The van der Waals surface area contributed by atoms with Crippen molar-refractivity contribution in [3.05, 3.63) is 87.2 Å². The fraction of sp³-hybridized carbons (Fsp3) is 0.120. The number of amides is 1. The van der Waals surface area contributed by atoms with E-state index in [1.807, 2.05) is 24.3 Å². The van der Waals surface area contributed by atoms with Crippen LogP contribution in [0.25, 0.3) is 22.6 Å². The van der Waals surface area contributed by atoms with Crippen LogP contribution in [0, 0.1) is 0 Å². The largest absolute Gasteiger partial charge is 0.493 e. The number of halogens is 1. The second-order valence-corrected chi connectivity index (χ2v) is 8.31. The van der Waals surface area contributed by atoms with Gasteiger partial charge >= 0.3 is 0 Å². The van der Waals surface area contributed by atoms with Gasteiger partial charge in [-0.25, -0.2) is 4.68 Å². The van der Waals surface area contributed by atoms with Gasteiger partial charge in [0.1, 0.15) is 0 Å². The van der Waals surface area contributed by atoms with E-state index in [1.165, 1.54) is 14.2 Å². The number of fused-ring (bicyclic) bond motifs is 8. The topological polar surface area (TPSA) is 86.6 Å². The summed E-state index contributed by atoms with van der Waals surface area (Å²) in [5.74, 6) is 0.848. The lowest BCUT2D eigenvalue weighted by Gasteiger charge is -2.34. The number of benzene rings is 3. The number of methoxy groups -OCH3 is 2. The lowest BCUT2D eigenvalue weighted by molar-refractivity contribution is 0.0983. The van der Waals surface area contributed by atoms with E-state index in [4.69, 9.17) is 26.2 Å². The molecule has 0 bridgehead atoms. The minimum Gasteiger partial charge on any atom is -0.493 e. The van der Waals surface area contributed by atoms with Gasteiger partial charge in [-0.3, -0.25) is 14.5 Å². The van der Waals surface area contributed by atoms with Crippen molar-refractivity contribution in [2.24, 2.45) is 0 Å². The maximum atomic E-state index is 13.8. The fourth-order valence-corrected chi connectivity index (χ4v) is 4.83. The summed E-state index contributed by atoms with van der Waals surface area (Å²) in [4.78, 5) is 32.9. The predicted octanol–water partition coefficient (Wildman–Crippen LogP) is 4.16. The molecular formula is C25H17ClN4O4. The average Bonchev–Trinajstić information content (AvgIpc) is 3.16. The van der Waals surface area contributed by atoms with Crippen molar-refractivity contribution >= 4 is 23.2 Å². The molecule has 0 fully saturated rings. The summed E-state index contributed by atoms with van der Waals surface area (Å²) in [6, 6.07) is 17.8. The Labute approximate surface area is 199 Å². The quantitative estimate of drug-likeness (QED) is 0.445. The van der Waals surface area contributed by atoms with Crippen molar-refractivity contribution in [2.75, 3.05) is 19.1 Å². The summed E-state index contributed by atoms with van der Waals surface area (Å²) in [6.07, 6.45) is -0.665. The van der Waals surface area contributed by atoms with Gasteiger partial charge in [-0.15, -0.1) is 0 Å². The van der Waals surface area contributed by atoms with Gasteiger partial charge in [0.05, 0.1) is 25.5 Å². The Morgan fingerprint density at radius 2 is 1.76 bits per heavy atom. The minimum atomic E-state index is -0.665. The zero-order chi connectivity index (χ0) is 23.6. The Morgan fingerprint density at radius 3 is 2.50 bits per heavy atom. The van der Waals surface area contributed by atoms with E-state index in [0.29, 0.717) is 50.3 Å². The molecule has 0 radical (unpaired) electrons. The summed E-state index contributed by atoms with van der Waals surface area (Å²) in [5, 5.41) is 5.17. The molecule has 0 aliphatic carbocycles. The maximum absolute atomic E-state index is 13.8. The Balaban J connectivity index is 1.69. The van der Waals surface area contributed by atoms with Gasteiger partial charge in [0, 0.05) is 21.7 Å². The molecule has 0 unspecified atom stereocenters.